The number of nitrogens with one attached hydrogen (secondary N) is 2. The Morgan fingerprint density at radius 1 is 1.21 bits per heavy atom. The van der Waals surface area contributed by atoms with Crippen molar-refractivity contribution >= 4 is 16.8 Å². The third-order valence-electron chi connectivity index (χ3n) is 3.14. The third-order valence-corrected chi connectivity index (χ3v) is 3.14. The number of rotatable bonds is 7. The van der Waals surface area contributed by atoms with E-state index in [-0.39, 0.29) is 12.5 Å². The SMILES string of the molecule is O=C(Cc1ccc2[nH]ccc2c1)NCCCCCO. The molecule has 0 saturated carbocycles. The molecule has 4 nitrogen and oxygen atoms in total. The van der Waals surface area contributed by atoms with E-state index >= 15 is 0 Å². The van der Waals surface area contributed by atoms with E-state index in [0.29, 0.717) is 13.0 Å². The maximum atomic E-state index is 11.8. The number of hydrogen-bond acceptors (Lipinski definition) is 2. The highest BCUT2D eigenvalue weighted by Crippen LogP contribution is 2.14. The van der Waals surface area contributed by atoms with Crippen LogP contribution in [0.3, 0.4) is 0 Å². The fourth-order valence-corrected chi connectivity index (χ4v) is 2.10. The molecular weight excluding hydrogens is 240 g/mol. The predicted molar refractivity (Wildman–Crippen MR) is 75.9 cm³/mol. The van der Waals surface area contributed by atoms with E-state index < -0.39 is 0 Å². The summed E-state index contributed by atoms with van der Waals surface area (Å²) >= 11 is 0. The predicted octanol–water partition coefficient (Wildman–Crippen LogP) is 1.99. The molecule has 0 radical (unpaired) electrons. The lowest BCUT2D eigenvalue weighted by molar-refractivity contribution is -0.120. The van der Waals surface area contributed by atoms with Gasteiger partial charge in [0, 0.05) is 24.9 Å². The van der Waals surface area contributed by atoms with Crippen molar-refractivity contribution in [3.8, 4) is 0 Å². The molecule has 0 atom stereocenters. The van der Waals surface area contributed by atoms with Crippen LogP contribution in [0.1, 0.15) is 24.8 Å². The molecule has 0 aliphatic carbocycles. The van der Waals surface area contributed by atoms with Gasteiger partial charge < -0.3 is 15.4 Å². The van der Waals surface area contributed by atoms with E-state index in [1.807, 2.05) is 30.5 Å². The Bertz CT molecular complexity index is 534. The number of carbonyl (C=O) groups is 1. The first kappa shape index (κ1) is 13.6. The van der Waals surface area contributed by atoms with Crippen molar-refractivity contribution in [3.63, 3.8) is 0 Å². The Labute approximate surface area is 112 Å². The summed E-state index contributed by atoms with van der Waals surface area (Å²) < 4.78 is 0. The number of fused-ring (bicyclic) bond motifs is 1. The molecule has 0 aliphatic rings. The number of carbonyl (C=O) groups excluding carboxylic acids is 1. The van der Waals surface area contributed by atoms with Crippen LogP contribution in [-0.2, 0) is 11.2 Å². The number of aliphatic hydroxyl groups excluding tert-OH is 1. The number of amides is 1. The smallest absolute Gasteiger partial charge is 0.224 e. The van der Waals surface area contributed by atoms with E-state index in [1.54, 1.807) is 0 Å². The summed E-state index contributed by atoms with van der Waals surface area (Å²) in [7, 11) is 0. The molecule has 4 heteroatoms. The summed E-state index contributed by atoms with van der Waals surface area (Å²) in [6.07, 6.45) is 4.99. The van der Waals surface area contributed by atoms with Crippen LogP contribution >= 0.6 is 0 Å². The molecule has 0 bridgehead atoms. The van der Waals surface area contributed by atoms with Crippen LogP contribution in [-0.4, -0.2) is 29.1 Å². The van der Waals surface area contributed by atoms with Gasteiger partial charge in [0.05, 0.1) is 6.42 Å². The van der Waals surface area contributed by atoms with Crippen molar-refractivity contribution in [1.82, 2.24) is 10.3 Å². The van der Waals surface area contributed by atoms with Crippen molar-refractivity contribution < 1.29 is 9.90 Å². The zero-order valence-corrected chi connectivity index (χ0v) is 11.0. The van der Waals surface area contributed by atoms with Gasteiger partial charge in [0.25, 0.3) is 0 Å². The molecule has 0 spiro atoms. The van der Waals surface area contributed by atoms with Gasteiger partial charge in [-0.25, -0.2) is 0 Å². The molecule has 0 unspecified atom stereocenters. The number of unbranched alkanes of at least 4 members (excludes halogenated alkanes) is 2. The molecule has 3 N–H and O–H groups in total. The summed E-state index contributed by atoms with van der Waals surface area (Å²) in [5.41, 5.74) is 2.12. The molecular formula is C15H20N2O2. The minimum absolute atomic E-state index is 0.0545. The second-order valence-corrected chi connectivity index (χ2v) is 4.71. The number of benzene rings is 1. The van der Waals surface area contributed by atoms with Crippen molar-refractivity contribution in [2.45, 2.75) is 25.7 Å². The Morgan fingerprint density at radius 3 is 2.95 bits per heavy atom. The second kappa shape index (κ2) is 6.95. The van der Waals surface area contributed by atoms with Crippen LogP contribution in [0.2, 0.25) is 0 Å². The van der Waals surface area contributed by atoms with Gasteiger partial charge in [-0.05, 0) is 48.4 Å². The van der Waals surface area contributed by atoms with E-state index in [2.05, 4.69) is 10.3 Å². The fourth-order valence-electron chi connectivity index (χ4n) is 2.10. The van der Waals surface area contributed by atoms with Gasteiger partial charge in [0.2, 0.25) is 5.91 Å². The van der Waals surface area contributed by atoms with Gasteiger partial charge in [-0.1, -0.05) is 6.07 Å². The molecule has 2 rings (SSSR count). The Morgan fingerprint density at radius 2 is 2.11 bits per heavy atom. The second-order valence-electron chi connectivity index (χ2n) is 4.71. The van der Waals surface area contributed by atoms with Gasteiger partial charge in [0.15, 0.2) is 0 Å². The van der Waals surface area contributed by atoms with Crippen LogP contribution < -0.4 is 5.32 Å². The number of aliphatic hydroxyl groups is 1. The number of aromatic nitrogens is 1. The third kappa shape index (κ3) is 4.10. The van der Waals surface area contributed by atoms with Crippen LogP contribution in [0.15, 0.2) is 30.5 Å². The Hall–Kier alpha value is -1.81. The van der Waals surface area contributed by atoms with Crippen molar-refractivity contribution in [3.05, 3.63) is 36.0 Å². The highest BCUT2D eigenvalue weighted by Gasteiger charge is 2.04. The quantitative estimate of drug-likeness (QED) is 0.667. The lowest BCUT2D eigenvalue weighted by atomic mass is 10.1. The lowest BCUT2D eigenvalue weighted by Gasteiger charge is -2.05. The lowest BCUT2D eigenvalue weighted by Crippen LogP contribution is -2.26. The molecule has 1 amide bonds. The molecule has 0 saturated heterocycles. The molecule has 0 fully saturated rings. The van der Waals surface area contributed by atoms with Crippen LogP contribution in [0.4, 0.5) is 0 Å². The molecule has 19 heavy (non-hydrogen) atoms. The highest BCUT2D eigenvalue weighted by molar-refractivity contribution is 5.83. The van der Waals surface area contributed by atoms with E-state index in [0.717, 1.165) is 35.7 Å². The molecule has 1 heterocycles. The van der Waals surface area contributed by atoms with Gasteiger partial charge in [-0.2, -0.15) is 0 Å². The van der Waals surface area contributed by atoms with E-state index in [4.69, 9.17) is 5.11 Å². The fraction of sp³-hybridized carbons (Fsp3) is 0.400. The number of H-pyrrole nitrogens is 1. The molecule has 102 valence electrons. The van der Waals surface area contributed by atoms with E-state index in [9.17, 15) is 4.79 Å². The minimum atomic E-state index is 0.0545. The molecule has 1 aromatic heterocycles. The van der Waals surface area contributed by atoms with Gasteiger partial charge >= 0.3 is 0 Å². The maximum Gasteiger partial charge on any atom is 0.224 e. The van der Waals surface area contributed by atoms with Gasteiger partial charge in [-0.3, -0.25) is 4.79 Å². The monoisotopic (exact) mass is 260 g/mol. The van der Waals surface area contributed by atoms with Crippen LogP contribution in [0.25, 0.3) is 10.9 Å². The van der Waals surface area contributed by atoms with Crippen molar-refractivity contribution in [1.29, 1.82) is 0 Å². The summed E-state index contributed by atoms with van der Waals surface area (Å²) in [5.74, 6) is 0.0545. The van der Waals surface area contributed by atoms with Crippen LogP contribution in [0.5, 0.6) is 0 Å². The Kier molecular flexibility index (Phi) is 4.98. The average Bonchev–Trinajstić information content (AvgIpc) is 2.86. The zero-order chi connectivity index (χ0) is 13.5. The molecule has 2 aromatic rings. The molecule has 0 aliphatic heterocycles. The highest BCUT2D eigenvalue weighted by atomic mass is 16.2. The average molecular weight is 260 g/mol. The van der Waals surface area contributed by atoms with Gasteiger partial charge in [0.1, 0.15) is 0 Å². The van der Waals surface area contributed by atoms with Crippen molar-refractivity contribution in [2.24, 2.45) is 0 Å². The first-order valence-electron chi connectivity index (χ1n) is 6.73. The first-order valence-corrected chi connectivity index (χ1v) is 6.73. The molecule has 1 aromatic carbocycles. The minimum Gasteiger partial charge on any atom is -0.396 e. The van der Waals surface area contributed by atoms with Crippen molar-refractivity contribution in [2.75, 3.05) is 13.2 Å². The van der Waals surface area contributed by atoms with Gasteiger partial charge in [-0.15, -0.1) is 0 Å². The summed E-state index contributed by atoms with van der Waals surface area (Å²) in [6.45, 7) is 0.913. The maximum absolute atomic E-state index is 11.8. The largest absolute Gasteiger partial charge is 0.396 e. The summed E-state index contributed by atoms with van der Waals surface area (Å²) in [6, 6.07) is 8.02. The standard InChI is InChI=1S/C15H20N2O2/c18-9-3-1-2-7-17-15(19)11-12-4-5-14-13(10-12)6-8-16-14/h4-6,8,10,16,18H,1-3,7,9,11H2,(H,17,19). The number of aromatic amines is 1. The first-order chi connectivity index (χ1) is 9.29. The zero-order valence-electron chi connectivity index (χ0n) is 11.0. The topological polar surface area (TPSA) is 65.1 Å². The Balaban J connectivity index is 1.78. The number of hydrogen-bond donors (Lipinski definition) is 3. The normalized spacial score (nSPS) is 10.8. The van der Waals surface area contributed by atoms with E-state index in [1.165, 1.54) is 0 Å². The van der Waals surface area contributed by atoms with Crippen LogP contribution in [0, 0.1) is 0 Å². The summed E-state index contributed by atoms with van der Waals surface area (Å²) in [5, 5.41) is 12.7. The summed E-state index contributed by atoms with van der Waals surface area (Å²) in [4.78, 5) is 14.9.